The standard InChI is InChI=1S/C15H14N2O2/c1-10-7-8-11(16(10)2)9-17-14(18)12-5-3-4-6-13(12)15(17)19/h3-8H,9H2,1-2H3. The lowest BCUT2D eigenvalue weighted by molar-refractivity contribution is 0.0639. The Bertz CT molecular complexity index is 650. The number of fused-ring (bicyclic) bond motifs is 1. The fourth-order valence-electron chi connectivity index (χ4n) is 2.37. The Morgan fingerprint density at radius 1 is 0.947 bits per heavy atom. The summed E-state index contributed by atoms with van der Waals surface area (Å²) < 4.78 is 1.99. The van der Waals surface area contributed by atoms with E-state index in [1.54, 1.807) is 24.3 Å². The SMILES string of the molecule is Cc1ccc(CN2C(=O)c3ccccc3C2=O)n1C. The zero-order chi connectivity index (χ0) is 13.6. The molecule has 0 saturated carbocycles. The van der Waals surface area contributed by atoms with Crippen LogP contribution in [0.25, 0.3) is 0 Å². The third kappa shape index (κ3) is 1.68. The molecule has 0 radical (unpaired) electrons. The number of rotatable bonds is 2. The van der Waals surface area contributed by atoms with Crippen molar-refractivity contribution < 1.29 is 9.59 Å². The van der Waals surface area contributed by atoms with E-state index in [4.69, 9.17) is 0 Å². The number of carbonyl (C=O) groups is 2. The monoisotopic (exact) mass is 254 g/mol. The molecule has 1 aliphatic rings. The number of nitrogens with zero attached hydrogens (tertiary/aromatic N) is 2. The molecule has 0 unspecified atom stereocenters. The molecule has 0 spiro atoms. The number of benzene rings is 1. The lowest BCUT2D eigenvalue weighted by atomic mass is 10.1. The van der Waals surface area contributed by atoms with Gasteiger partial charge in [0.05, 0.1) is 17.7 Å². The first-order chi connectivity index (χ1) is 9.09. The molecule has 2 aromatic rings. The zero-order valence-electron chi connectivity index (χ0n) is 10.9. The molecule has 0 N–H and O–H groups in total. The zero-order valence-corrected chi connectivity index (χ0v) is 10.9. The minimum Gasteiger partial charge on any atom is -0.350 e. The van der Waals surface area contributed by atoms with Crippen molar-refractivity contribution in [1.29, 1.82) is 0 Å². The molecule has 3 rings (SSSR count). The van der Waals surface area contributed by atoms with Gasteiger partial charge in [-0.25, -0.2) is 0 Å². The molecule has 2 amide bonds. The van der Waals surface area contributed by atoms with Gasteiger partial charge >= 0.3 is 0 Å². The first-order valence-electron chi connectivity index (χ1n) is 6.16. The van der Waals surface area contributed by atoms with Gasteiger partial charge in [0, 0.05) is 18.4 Å². The molecule has 1 aliphatic heterocycles. The van der Waals surface area contributed by atoms with Crippen LogP contribution in [0.2, 0.25) is 0 Å². The fraction of sp³-hybridized carbons (Fsp3) is 0.200. The van der Waals surface area contributed by atoms with Crippen molar-refractivity contribution in [1.82, 2.24) is 9.47 Å². The van der Waals surface area contributed by atoms with Crippen LogP contribution in [-0.2, 0) is 13.6 Å². The number of aryl methyl sites for hydroxylation is 1. The molecule has 1 aromatic heterocycles. The van der Waals surface area contributed by atoms with E-state index >= 15 is 0 Å². The third-order valence-electron chi connectivity index (χ3n) is 3.68. The second kappa shape index (κ2) is 4.09. The molecule has 0 bridgehead atoms. The number of hydrogen-bond acceptors (Lipinski definition) is 2. The number of hydrogen-bond donors (Lipinski definition) is 0. The minimum absolute atomic E-state index is 0.209. The molecule has 96 valence electrons. The molecule has 0 atom stereocenters. The van der Waals surface area contributed by atoms with Gasteiger partial charge in [-0.3, -0.25) is 14.5 Å². The van der Waals surface area contributed by atoms with Gasteiger partial charge in [-0.2, -0.15) is 0 Å². The van der Waals surface area contributed by atoms with Crippen LogP contribution in [0.1, 0.15) is 32.1 Å². The van der Waals surface area contributed by atoms with E-state index in [9.17, 15) is 9.59 Å². The molecule has 4 nitrogen and oxygen atoms in total. The second-order valence-electron chi connectivity index (χ2n) is 4.77. The number of imide groups is 1. The molecule has 4 heteroatoms. The van der Waals surface area contributed by atoms with Crippen LogP contribution in [0.3, 0.4) is 0 Å². The lowest BCUT2D eigenvalue weighted by Crippen LogP contribution is -2.30. The highest BCUT2D eigenvalue weighted by molar-refractivity contribution is 6.21. The van der Waals surface area contributed by atoms with Crippen molar-refractivity contribution in [2.45, 2.75) is 13.5 Å². The van der Waals surface area contributed by atoms with Gasteiger partial charge in [-0.15, -0.1) is 0 Å². The van der Waals surface area contributed by atoms with Gasteiger partial charge in [0.25, 0.3) is 11.8 Å². The Morgan fingerprint density at radius 3 is 2.00 bits per heavy atom. The smallest absolute Gasteiger partial charge is 0.261 e. The van der Waals surface area contributed by atoms with Gasteiger partial charge in [-0.1, -0.05) is 12.1 Å². The molecule has 0 fully saturated rings. The highest BCUT2D eigenvalue weighted by Gasteiger charge is 2.35. The van der Waals surface area contributed by atoms with Crippen molar-refractivity contribution in [2.24, 2.45) is 7.05 Å². The van der Waals surface area contributed by atoms with Crippen LogP contribution in [0, 0.1) is 6.92 Å². The maximum absolute atomic E-state index is 12.2. The van der Waals surface area contributed by atoms with Crippen LogP contribution in [0.4, 0.5) is 0 Å². The Balaban J connectivity index is 1.95. The normalized spacial score (nSPS) is 14.1. The summed E-state index contributed by atoms with van der Waals surface area (Å²) >= 11 is 0. The molecular formula is C15H14N2O2. The average Bonchev–Trinajstić information content (AvgIpc) is 2.86. The Labute approximate surface area is 111 Å². The maximum Gasteiger partial charge on any atom is 0.261 e. The van der Waals surface area contributed by atoms with Crippen molar-refractivity contribution in [3.8, 4) is 0 Å². The summed E-state index contributed by atoms with van der Waals surface area (Å²) in [7, 11) is 1.93. The largest absolute Gasteiger partial charge is 0.350 e. The van der Waals surface area contributed by atoms with Gasteiger partial charge in [0.1, 0.15) is 0 Å². The molecule has 1 aromatic carbocycles. The van der Waals surface area contributed by atoms with Crippen molar-refractivity contribution >= 4 is 11.8 Å². The van der Waals surface area contributed by atoms with Crippen molar-refractivity contribution in [3.05, 3.63) is 58.9 Å². The molecule has 19 heavy (non-hydrogen) atoms. The summed E-state index contributed by atoms with van der Waals surface area (Å²) in [4.78, 5) is 25.8. The molecule has 0 aliphatic carbocycles. The minimum atomic E-state index is -0.209. The Morgan fingerprint density at radius 2 is 1.53 bits per heavy atom. The van der Waals surface area contributed by atoms with E-state index in [1.807, 2.05) is 30.7 Å². The van der Waals surface area contributed by atoms with Gasteiger partial charge in [0.2, 0.25) is 0 Å². The van der Waals surface area contributed by atoms with Gasteiger partial charge in [0.15, 0.2) is 0 Å². The van der Waals surface area contributed by atoms with Crippen molar-refractivity contribution in [2.75, 3.05) is 0 Å². The Hall–Kier alpha value is -2.36. The fourth-order valence-corrected chi connectivity index (χ4v) is 2.37. The van der Waals surface area contributed by atoms with Crippen LogP contribution in [0.5, 0.6) is 0 Å². The summed E-state index contributed by atoms with van der Waals surface area (Å²) in [6.07, 6.45) is 0. The number of carbonyl (C=O) groups excluding carboxylic acids is 2. The van der Waals surface area contributed by atoms with Crippen LogP contribution in [0.15, 0.2) is 36.4 Å². The van der Waals surface area contributed by atoms with Crippen LogP contribution < -0.4 is 0 Å². The van der Waals surface area contributed by atoms with Crippen molar-refractivity contribution in [3.63, 3.8) is 0 Å². The third-order valence-corrected chi connectivity index (χ3v) is 3.68. The van der Waals surface area contributed by atoms with E-state index in [0.29, 0.717) is 17.7 Å². The van der Waals surface area contributed by atoms with Gasteiger partial charge in [-0.05, 0) is 31.2 Å². The second-order valence-corrected chi connectivity index (χ2v) is 4.77. The molecule has 0 saturated heterocycles. The summed E-state index contributed by atoms with van der Waals surface area (Å²) in [5, 5.41) is 0. The predicted octanol–water partition coefficient (Wildman–Crippen LogP) is 2.13. The first kappa shape index (κ1) is 11.7. The number of amides is 2. The van der Waals surface area contributed by atoms with E-state index in [-0.39, 0.29) is 11.8 Å². The first-order valence-corrected chi connectivity index (χ1v) is 6.16. The lowest BCUT2D eigenvalue weighted by Gasteiger charge is -2.14. The van der Waals surface area contributed by atoms with Crippen LogP contribution >= 0.6 is 0 Å². The maximum atomic E-state index is 12.2. The van der Waals surface area contributed by atoms with E-state index in [0.717, 1.165) is 11.4 Å². The summed E-state index contributed by atoms with van der Waals surface area (Å²) in [6.45, 7) is 2.31. The quantitative estimate of drug-likeness (QED) is 0.770. The van der Waals surface area contributed by atoms with Crippen LogP contribution in [-0.4, -0.2) is 21.3 Å². The average molecular weight is 254 g/mol. The van der Waals surface area contributed by atoms with Gasteiger partial charge < -0.3 is 4.57 Å². The summed E-state index contributed by atoms with van der Waals surface area (Å²) in [6, 6.07) is 10.9. The molecular weight excluding hydrogens is 240 g/mol. The topological polar surface area (TPSA) is 42.3 Å². The summed E-state index contributed by atoms with van der Waals surface area (Å²) in [5.74, 6) is -0.418. The highest BCUT2D eigenvalue weighted by Crippen LogP contribution is 2.24. The number of aromatic nitrogens is 1. The predicted molar refractivity (Wildman–Crippen MR) is 70.8 cm³/mol. The van der Waals surface area contributed by atoms with E-state index in [1.165, 1.54) is 4.90 Å². The highest BCUT2D eigenvalue weighted by atomic mass is 16.2. The summed E-state index contributed by atoms with van der Waals surface area (Å²) in [5.41, 5.74) is 3.05. The van der Waals surface area contributed by atoms with E-state index in [2.05, 4.69) is 0 Å². The molecule has 2 heterocycles. The van der Waals surface area contributed by atoms with E-state index < -0.39 is 0 Å². The Kier molecular flexibility index (Phi) is 2.52.